The first kappa shape index (κ1) is 27.7. The number of aromatic amines is 1. The van der Waals surface area contributed by atoms with Crippen LogP contribution in [0.1, 0.15) is 11.3 Å². The number of aryl methyl sites for hydroxylation is 1. The molecule has 11 nitrogen and oxygen atoms in total. The van der Waals surface area contributed by atoms with Gasteiger partial charge in [-0.2, -0.15) is 5.10 Å². The molecule has 3 heterocycles. The van der Waals surface area contributed by atoms with Gasteiger partial charge in [-0.05, 0) is 60.6 Å². The van der Waals surface area contributed by atoms with Gasteiger partial charge < -0.3 is 24.4 Å². The number of benzene rings is 2. The van der Waals surface area contributed by atoms with E-state index in [0.717, 1.165) is 10.6 Å². The van der Waals surface area contributed by atoms with Crippen LogP contribution in [0.2, 0.25) is 0 Å². The zero-order valence-corrected chi connectivity index (χ0v) is 24.0. The summed E-state index contributed by atoms with van der Waals surface area (Å²) in [6, 6.07) is 15.6. The Balaban J connectivity index is 1.40. The molecule has 0 atom stereocenters. The lowest BCUT2D eigenvalue weighted by molar-refractivity contribution is 0.122. The molecule has 210 valence electrons. The average molecular weight is 583 g/mol. The summed E-state index contributed by atoms with van der Waals surface area (Å²) in [5.74, 6) is 2.81. The normalized spacial score (nSPS) is 13.7. The SMILES string of the molecule is COc1ccc(CS(=O)(=O)c2ccc(Sc3nc(Nc4cc(C)[nH]n4)c(OC)c(N4CCOCC4)n3)cc2)cc1. The van der Waals surface area contributed by atoms with Crippen LogP contribution in [0.15, 0.2) is 69.5 Å². The van der Waals surface area contributed by atoms with Gasteiger partial charge in [0.25, 0.3) is 0 Å². The first-order valence-corrected chi connectivity index (χ1v) is 15.0. The number of hydrogen-bond acceptors (Lipinski definition) is 11. The number of nitrogens with one attached hydrogen (secondary N) is 2. The summed E-state index contributed by atoms with van der Waals surface area (Å²) in [4.78, 5) is 12.7. The fourth-order valence-corrected chi connectivity index (χ4v) is 6.28. The molecule has 1 fully saturated rings. The van der Waals surface area contributed by atoms with E-state index in [4.69, 9.17) is 24.2 Å². The molecule has 5 rings (SSSR count). The Bertz CT molecular complexity index is 1550. The molecule has 2 aromatic carbocycles. The number of methoxy groups -OCH3 is 2. The Morgan fingerprint density at radius 1 is 1.02 bits per heavy atom. The summed E-state index contributed by atoms with van der Waals surface area (Å²) in [6.45, 7) is 4.42. The number of nitrogens with zero attached hydrogens (tertiary/aromatic N) is 4. The maximum atomic E-state index is 13.0. The molecule has 1 saturated heterocycles. The monoisotopic (exact) mass is 582 g/mol. The fourth-order valence-electron chi connectivity index (χ4n) is 4.17. The van der Waals surface area contributed by atoms with Gasteiger partial charge in [-0.25, -0.2) is 18.4 Å². The van der Waals surface area contributed by atoms with Crippen LogP contribution in [0.3, 0.4) is 0 Å². The van der Waals surface area contributed by atoms with E-state index in [2.05, 4.69) is 20.4 Å². The molecule has 1 aliphatic rings. The van der Waals surface area contributed by atoms with Crippen molar-refractivity contribution in [2.75, 3.05) is 50.7 Å². The van der Waals surface area contributed by atoms with Crippen LogP contribution in [0, 0.1) is 6.92 Å². The van der Waals surface area contributed by atoms with E-state index >= 15 is 0 Å². The van der Waals surface area contributed by atoms with Crippen LogP contribution in [0.4, 0.5) is 17.5 Å². The fraction of sp³-hybridized carbons (Fsp3) is 0.296. The Morgan fingerprint density at radius 2 is 1.75 bits per heavy atom. The van der Waals surface area contributed by atoms with Crippen LogP contribution in [-0.2, 0) is 20.3 Å². The predicted molar refractivity (Wildman–Crippen MR) is 153 cm³/mol. The number of hydrogen-bond donors (Lipinski definition) is 2. The van der Waals surface area contributed by atoms with E-state index in [-0.39, 0.29) is 10.6 Å². The van der Waals surface area contributed by atoms with Gasteiger partial charge >= 0.3 is 0 Å². The molecule has 4 aromatic rings. The first-order valence-electron chi connectivity index (χ1n) is 12.6. The van der Waals surface area contributed by atoms with E-state index in [9.17, 15) is 8.42 Å². The highest BCUT2D eigenvalue weighted by atomic mass is 32.2. The minimum absolute atomic E-state index is 0.102. The molecule has 0 bridgehead atoms. The van der Waals surface area contributed by atoms with Gasteiger partial charge in [0.05, 0.1) is 38.1 Å². The minimum Gasteiger partial charge on any atom is -0.497 e. The molecule has 0 amide bonds. The molecule has 2 N–H and O–H groups in total. The number of rotatable bonds is 10. The third-order valence-electron chi connectivity index (χ3n) is 6.20. The lowest BCUT2D eigenvalue weighted by Crippen LogP contribution is -2.37. The summed E-state index contributed by atoms with van der Waals surface area (Å²) >= 11 is 1.33. The summed E-state index contributed by atoms with van der Waals surface area (Å²) in [5, 5.41) is 10.9. The van der Waals surface area contributed by atoms with Crippen molar-refractivity contribution in [3.8, 4) is 11.5 Å². The van der Waals surface area contributed by atoms with Crippen LogP contribution >= 0.6 is 11.8 Å². The van der Waals surface area contributed by atoms with Crippen molar-refractivity contribution in [3.63, 3.8) is 0 Å². The zero-order valence-electron chi connectivity index (χ0n) is 22.4. The third-order valence-corrected chi connectivity index (χ3v) is 8.78. The largest absolute Gasteiger partial charge is 0.497 e. The van der Waals surface area contributed by atoms with E-state index in [1.54, 1.807) is 62.8 Å². The van der Waals surface area contributed by atoms with Gasteiger partial charge in [0.1, 0.15) is 5.75 Å². The third kappa shape index (κ3) is 6.49. The first-order chi connectivity index (χ1) is 19.3. The zero-order chi connectivity index (χ0) is 28.1. The van der Waals surface area contributed by atoms with Gasteiger partial charge in [0.2, 0.25) is 5.75 Å². The lowest BCUT2D eigenvalue weighted by atomic mass is 10.2. The summed E-state index contributed by atoms with van der Waals surface area (Å²) < 4.78 is 42.5. The maximum Gasteiger partial charge on any atom is 0.204 e. The number of sulfone groups is 1. The van der Waals surface area contributed by atoms with Gasteiger partial charge in [-0.3, -0.25) is 5.10 Å². The molecular weight excluding hydrogens is 552 g/mol. The molecule has 0 unspecified atom stereocenters. The lowest BCUT2D eigenvalue weighted by Gasteiger charge is -2.29. The molecule has 0 radical (unpaired) electrons. The Kier molecular flexibility index (Phi) is 8.43. The van der Waals surface area contributed by atoms with Crippen molar-refractivity contribution in [2.45, 2.75) is 27.6 Å². The summed E-state index contributed by atoms with van der Waals surface area (Å²) in [7, 11) is -0.371. The van der Waals surface area contributed by atoms with Crippen LogP contribution < -0.4 is 19.7 Å². The van der Waals surface area contributed by atoms with Gasteiger partial charge in [-0.1, -0.05) is 12.1 Å². The topological polar surface area (TPSA) is 132 Å². The second kappa shape index (κ2) is 12.1. The highest BCUT2D eigenvalue weighted by Gasteiger charge is 2.24. The highest BCUT2D eigenvalue weighted by Crippen LogP contribution is 2.38. The average Bonchev–Trinajstić information content (AvgIpc) is 3.38. The molecule has 0 aliphatic carbocycles. The summed E-state index contributed by atoms with van der Waals surface area (Å²) in [6.07, 6.45) is 0. The number of ether oxygens (including phenoxy) is 3. The quantitative estimate of drug-likeness (QED) is 0.260. The molecular formula is C27H30N6O5S2. The summed E-state index contributed by atoms with van der Waals surface area (Å²) in [5.41, 5.74) is 1.59. The molecule has 1 aliphatic heterocycles. The van der Waals surface area contributed by atoms with Crippen molar-refractivity contribution in [1.82, 2.24) is 20.2 Å². The highest BCUT2D eigenvalue weighted by molar-refractivity contribution is 7.99. The predicted octanol–water partition coefficient (Wildman–Crippen LogP) is 4.23. The Labute approximate surface area is 237 Å². The maximum absolute atomic E-state index is 13.0. The van der Waals surface area contributed by atoms with E-state index in [1.807, 2.05) is 13.0 Å². The minimum atomic E-state index is -3.53. The van der Waals surface area contributed by atoms with Crippen molar-refractivity contribution < 1.29 is 22.6 Å². The number of morpholine rings is 1. The van der Waals surface area contributed by atoms with Crippen molar-refractivity contribution in [1.29, 1.82) is 0 Å². The smallest absolute Gasteiger partial charge is 0.204 e. The number of anilines is 3. The molecule has 2 aromatic heterocycles. The van der Waals surface area contributed by atoms with Gasteiger partial charge in [-0.15, -0.1) is 0 Å². The van der Waals surface area contributed by atoms with Crippen LogP contribution in [0.5, 0.6) is 11.5 Å². The molecule has 40 heavy (non-hydrogen) atoms. The van der Waals surface area contributed by atoms with Crippen LogP contribution in [-0.4, -0.2) is 69.1 Å². The van der Waals surface area contributed by atoms with Crippen molar-refractivity contribution in [2.24, 2.45) is 0 Å². The molecule has 0 saturated carbocycles. The van der Waals surface area contributed by atoms with Gasteiger partial charge in [0.15, 0.2) is 32.4 Å². The Morgan fingerprint density at radius 3 is 2.38 bits per heavy atom. The van der Waals surface area contributed by atoms with Crippen molar-refractivity contribution >= 4 is 39.1 Å². The van der Waals surface area contributed by atoms with E-state index < -0.39 is 9.84 Å². The van der Waals surface area contributed by atoms with Crippen molar-refractivity contribution in [3.05, 3.63) is 65.9 Å². The standard InChI is InChI=1S/C27H30N6O5S2/c1-18-16-23(32-31-18)28-25-24(37-3)26(33-12-14-38-15-13-33)30-27(29-25)39-21-8-10-22(11-9-21)40(34,35)17-19-4-6-20(36-2)7-5-19/h4-11,16H,12-15,17H2,1-3H3,(H2,28,29,30,31,32). The van der Waals surface area contributed by atoms with E-state index in [0.29, 0.717) is 66.0 Å². The molecule has 13 heteroatoms. The second-order valence-electron chi connectivity index (χ2n) is 9.05. The molecule has 0 spiro atoms. The number of aromatic nitrogens is 4. The van der Waals surface area contributed by atoms with Crippen LogP contribution in [0.25, 0.3) is 0 Å². The Hall–Kier alpha value is -3.81. The number of H-pyrrole nitrogens is 1. The second-order valence-corrected chi connectivity index (χ2v) is 12.1. The van der Waals surface area contributed by atoms with E-state index in [1.165, 1.54) is 11.8 Å². The van der Waals surface area contributed by atoms with Gasteiger partial charge in [0, 0.05) is 29.7 Å².